The fourth-order valence-corrected chi connectivity index (χ4v) is 3.09. The molecule has 0 aliphatic carbocycles. The molecule has 0 atom stereocenters. The van der Waals surface area contributed by atoms with Gasteiger partial charge in [-0.2, -0.15) is 0 Å². The van der Waals surface area contributed by atoms with Gasteiger partial charge in [0.15, 0.2) is 0 Å². The van der Waals surface area contributed by atoms with E-state index >= 15 is 0 Å². The Hall–Kier alpha value is -3.26. The lowest BCUT2D eigenvalue weighted by atomic mass is 10.0. The van der Waals surface area contributed by atoms with E-state index in [-0.39, 0.29) is 0 Å². The molecule has 0 radical (unpaired) electrons. The van der Waals surface area contributed by atoms with Crippen molar-refractivity contribution in [1.29, 1.82) is 0 Å². The Morgan fingerprint density at radius 3 is 1.88 bits per heavy atom. The molecule has 4 rings (SSSR count). The summed E-state index contributed by atoms with van der Waals surface area (Å²) >= 11 is 0. The normalized spacial score (nSPS) is 10.7. The molecule has 0 fully saturated rings. The number of benzene rings is 2. The Labute approximate surface area is 154 Å². The van der Waals surface area contributed by atoms with Gasteiger partial charge in [-0.3, -0.25) is 0 Å². The van der Waals surface area contributed by atoms with Gasteiger partial charge in [-0.1, -0.05) is 60.2 Å². The second kappa shape index (κ2) is 6.93. The van der Waals surface area contributed by atoms with Crippen LogP contribution < -0.4 is 0 Å². The van der Waals surface area contributed by atoms with Crippen molar-refractivity contribution >= 4 is 0 Å². The number of hydrogen-bond donors (Lipinski definition) is 0. The number of nitrogens with zero attached hydrogens (tertiary/aromatic N) is 2. The van der Waals surface area contributed by atoms with Crippen LogP contribution in [0.1, 0.15) is 11.1 Å². The van der Waals surface area contributed by atoms with E-state index in [9.17, 15) is 0 Å². The Morgan fingerprint density at radius 2 is 1.15 bits per heavy atom. The van der Waals surface area contributed by atoms with Crippen LogP contribution in [0.3, 0.4) is 0 Å². The zero-order chi connectivity index (χ0) is 17.9. The van der Waals surface area contributed by atoms with E-state index in [4.69, 9.17) is 9.97 Å². The Kier molecular flexibility index (Phi) is 4.32. The molecule has 2 aromatic heterocycles. The maximum absolute atomic E-state index is 4.89. The van der Waals surface area contributed by atoms with Crippen LogP contribution in [0.4, 0.5) is 0 Å². The molecule has 0 saturated carbocycles. The number of rotatable bonds is 3. The topological polar surface area (TPSA) is 25.8 Å². The van der Waals surface area contributed by atoms with E-state index in [0.29, 0.717) is 0 Å². The summed E-state index contributed by atoms with van der Waals surface area (Å²) in [7, 11) is 0. The summed E-state index contributed by atoms with van der Waals surface area (Å²) in [4.78, 5) is 9.71. The van der Waals surface area contributed by atoms with E-state index in [0.717, 1.165) is 28.3 Å². The molecule has 0 amide bonds. The van der Waals surface area contributed by atoms with Crippen LogP contribution in [0.15, 0.2) is 84.9 Å². The van der Waals surface area contributed by atoms with Crippen LogP contribution in [0.5, 0.6) is 0 Å². The molecule has 2 heteroatoms. The highest BCUT2D eigenvalue weighted by atomic mass is 14.8. The number of pyridine rings is 2. The summed E-state index contributed by atoms with van der Waals surface area (Å²) in [5, 5.41) is 0. The Morgan fingerprint density at radius 1 is 0.538 bits per heavy atom. The first-order chi connectivity index (χ1) is 12.7. The van der Waals surface area contributed by atoms with Gasteiger partial charge >= 0.3 is 0 Å². The van der Waals surface area contributed by atoms with Gasteiger partial charge in [0.1, 0.15) is 0 Å². The van der Waals surface area contributed by atoms with Crippen molar-refractivity contribution in [3.8, 4) is 33.9 Å². The highest BCUT2D eigenvalue weighted by molar-refractivity contribution is 5.69. The smallest absolute Gasteiger partial charge is 0.0893 e. The maximum atomic E-state index is 4.89. The minimum absolute atomic E-state index is 0.888. The van der Waals surface area contributed by atoms with Crippen LogP contribution >= 0.6 is 0 Å². The standard InChI is InChI=1S/C24H20N2/c1-17-14-15-18(2)20(16-17)22-11-7-13-24(26-22)23-12-6-10-21(25-23)19-8-4-3-5-9-19/h3-16H,1-2H3. The van der Waals surface area contributed by atoms with Crippen LogP contribution in [-0.4, -0.2) is 9.97 Å². The van der Waals surface area contributed by atoms with Crippen LogP contribution in [0.2, 0.25) is 0 Å². The Balaban J connectivity index is 1.77. The van der Waals surface area contributed by atoms with Crippen LogP contribution in [-0.2, 0) is 0 Å². The molecule has 0 aliphatic heterocycles. The molecule has 2 aromatic carbocycles. The van der Waals surface area contributed by atoms with E-state index in [1.54, 1.807) is 0 Å². The van der Waals surface area contributed by atoms with E-state index in [2.05, 4.69) is 56.3 Å². The number of aromatic nitrogens is 2. The lowest BCUT2D eigenvalue weighted by molar-refractivity contribution is 1.24. The lowest BCUT2D eigenvalue weighted by Crippen LogP contribution is -1.93. The molecule has 0 aliphatic rings. The van der Waals surface area contributed by atoms with Gasteiger partial charge in [0.05, 0.1) is 22.8 Å². The first-order valence-corrected chi connectivity index (χ1v) is 8.78. The van der Waals surface area contributed by atoms with Crippen molar-refractivity contribution in [2.45, 2.75) is 13.8 Å². The SMILES string of the molecule is Cc1ccc(C)c(-c2cccc(-c3cccc(-c4ccccc4)n3)n2)c1. The predicted octanol–water partition coefficient (Wildman–Crippen LogP) is 6.09. The number of aryl methyl sites for hydroxylation is 2. The van der Waals surface area contributed by atoms with E-state index in [1.807, 2.05) is 42.5 Å². The fourth-order valence-electron chi connectivity index (χ4n) is 3.09. The van der Waals surface area contributed by atoms with Crippen molar-refractivity contribution in [2.75, 3.05) is 0 Å². The molecule has 2 nitrogen and oxygen atoms in total. The molecule has 26 heavy (non-hydrogen) atoms. The third kappa shape index (κ3) is 3.27. The molecule has 2 heterocycles. The molecule has 0 unspecified atom stereocenters. The summed E-state index contributed by atoms with van der Waals surface area (Å²) in [5.41, 5.74) is 8.47. The van der Waals surface area contributed by atoms with E-state index in [1.165, 1.54) is 16.7 Å². The molecule has 4 aromatic rings. The second-order valence-corrected chi connectivity index (χ2v) is 6.50. The quantitative estimate of drug-likeness (QED) is 0.452. The van der Waals surface area contributed by atoms with Crippen molar-refractivity contribution in [1.82, 2.24) is 9.97 Å². The largest absolute Gasteiger partial charge is 0.246 e. The predicted molar refractivity (Wildman–Crippen MR) is 108 cm³/mol. The summed E-state index contributed by atoms with van der Waals surface area (Å²) in [6.07, 6.45) is 0. The zero-order valence-electron chi connectivity index (χ0n) is 15.0. The summed E-state index contributed by atoms with van der Waals surface area (Å²) in [5.74, 6) is 0. The molecular formula is C24H20N2. The van der Waals surface area contributed by atoms with Gasteiger partial charge in [0, 0.05) is 11.1 Å². The third-order valence-electron chi connectivity index (χ3n) is 4.50. The van der Waals surface area contributed by atoms with Crippen molar-refractivity contribution in [3.05, 3.63) is 96.1 Å². The van der Waals surface area contributed by atoms with Crippen molar-refractivity contribution in [2.24, 2.45) is 0 Å². The highest BCUT2D eigenvalue weighted by Gasteiger charge is 2.08. The minimum atomic E-state index is 0.888. The Bertz CT molecular complexity index is 1050. The van der Waals surface area contributed by atoms with Gasteiger partial charge in [0.2, 0.25) is 0 Å². The molecule has 0 bridgehead atoms. The van der Waals surface area contributed by atoms with Crippen molar-refractivity contribution < 1.29 is 0 Å². The van der Waals surface area contributed by atoms with Gasteiger partial charge in [-0.15, -0.1) is 0 Å². The average Bonchev–Trinajstić information content (AvgIpc) is 2.71. The van der Waals surface area contributed by atoms with Gasteiger partial charge in [0.25, 0.3) is 0 Å². The first kappa shape index (κ1) is 16.2. The molecule has 126 valence electrons. The second-order valence-electron chi connectivity index (χ2n) is 6.50. The molecule has 0 saturated heterocycles. The lowest BCUT2D eigenvalue weighted by Gasteiger charge is -2.09. The highest BCUT2D eigenvalue weighted by Crippen LogP contribution is 2.26. The van der Waals surface area contributed by atoms with Crippen LogP contribution in [0, 0.1) is 13.8 Å². The van der Waals surface area contributed by atoms with Gasteiger partial charge in [-0.25, -0.2) is 9.97 Å². The van der Waals surface area contributed by atoms with Gasteiger partial charge in [-0.05, 0) is 49.7 Å². The van der Waals surface area contributed by atoms with Crippen molar-refractivity contribution in [3.63, 3.8) is 0 Å². The third-order valence-corrected chi connectivity index (χ3v) is 4.50. The molecular weight excluding hydrogens is 316 g/mol. The van der Waals surface area contributed by atoms with E-state index < -0.39 is 0 Å². The van der Waals surface area contributed by atoms with Gasteiger partial charge < -0.3 is 0 Å². The fraction of sp³-hybridized carbons (Fsp3) is 0.0833. The first-order valence-electron chi connectivity index (χ1n) is 8.78. The minimum Gasteiger partial charge on any atom is -0.246 e. The molecule has 0 N–H and O–H groups in total. The van der Waals surface area contributed by atoms with Crippen LogP contribution in [0.25, 0.3) is 33.9 Å². The summed E-state index contributed by atoms with van der Waals surface area (Å²) < 4.78 is 0. The maximum Gasteiger partial charge on any atom is 0.0893 e. The molecule has 0 spiro atoms. The monoisotopic (exact) mass is 336 g/mol. The number of hydrogen-bond acceptors (Lipinski definition) is 2. The average molecular weight is 336 g/mol. The summed E-state index contributed by atoms with van der Waals surface area (Å²) in [6.45, 7) is 4.23. The zero-order valence-corrected chi connectivity index (χ0v) is 15.0. The summed E-state index contributed by atoms with van der Waals surface area (Å²) in [6, 6.07) is 28.9.